The number of ether oxygens (including phenoxy) is 1. The highest BCUT2D eigenvalue weighted by Crippen LogP contribution is 2.36. The molecule has 3 rings (SSSR count). The van der Waals surface area contributed by atoms with Gasteiger partial charge in [0.2, 0.25) is 15.9 Å². The molecule has 2 aromatic rings. The minimum Gasteiger partial charge on any atom is -0.491 e. The van der Waals surface area contributed by atoms with E-state index in [0.717, 1.165) is 33.6 Å². The highest BCUT2D eigenvalue weighted by Gasteiger charge is 2.38. The number of benzene rings is 2. The number of fused-ring (bicyclic) bond motifs is 1. The van der Waals surface area contributed by atoms with Crippen molar-refractivity contribution in [3.63, 3.8) is 0 Å². The molecule has 0 saturated carbocycles. The fourth-order valence-electron chi connectivity index (χ4n) is 3.54. The van der Waals surface area contributed by atoms with Crippen LogP contribution in [0.1, 0.15) is 37.0 Å². The van der Waals surface area contributed by atoms with Crippen LogP contribution in [-0.4, -0.2) is 37.0 Å². The van der Waals surface area contributed by atoms with E-state index in [2.05, 4.69) is 5.32 Å². The van der Waals surface area contributed by atoms with Gasteiger partial charge in [0.25, 0.3) is 0 Å². The molecule has 1 N–H and O–H groups in total. The molecule has 0 spiro atoms. The lowest BCUT2D eigenvalue weighted by Gasteiger charge is -2.35. The number of halogens is 3. The van der Waals surface area contributed by atoms with Gasteiger partial charge in [-0.2, -0.15) is 17.5 Å². The molecule has 0 radical (unpaired) electrons. The first-order valence-corrected chi connectivity index (χ1v) is 11.9. The molecule has 2 aromatic carbocycles. The number of amides is 1. The van der Waals surface area contributed by atoms with Gasteiger partial charge in [0.05, 0.1) is 23.6 Å². The first-order chi connectivity index (χ1) is 15.1. The van der Waals surface area contributed by atoms with Crippen molar-refractivity contribution in [2.24, 2.45) is 0 Å². The molecule has 174 valence electrons. The summed E-state index contributed by atoms with van der Waals surface area (Å²) in [7, 11) is -3.74. The number of sulfonamides is 1. The number of alkyl halides is 3. The molecule has 1 heterocycles. The fraction of sp³-hybridized carbons (Fsp3) is 0.409. The molecule has 0 fully saturated rings. The van der Waals surface area contributed by atoms with Crippen molar-refractivity contribution in [2.45, 2.75) is 45.5 Å². The fourth-order valence-corrected chi connectivity index (χ4v) is 4.76. The maximum Gasteiger partial charge on any atom is 0.416 e. The van der Waals surface area contributed by atoms with E-state index in [9.17, 15) is 26.4 Å². The third kappa shape index (κ3) is 5.24. The normalized spacial score (nSPS) is 17.0. The quantitative estimate of drug-likeness (QED) is 0.658. The second kappa shape index (κ2) is 9.50. The van der Waals surface area contributed by atoms with Gasteiger partial charge >= 0.3 is 6.18 Å². The second-order valence-electron chi connectivity index (χ2n) is 7.48. The summed E-state index contributed by atoms with van der Waals surface area (Å²) in [6.07, 6.45) is -3.87. The van der Waals surface area contributed by atoms with Gasteiger partial charge in [-0.1, -0.05) is 31.2 Å². The highest BCUT2D eigenvalue weighted by molar-refractivity contribution is 7.89. The molecule has 32 heavy (non-hydrogen) atoms. The first kappa shape index (κ1) is 24.1. The topological polar surface area (TPSA) is 75.7 Å². The van der Waals surface area contributed by atoms with Gasteiger partial charge in [-0.15, -0.1) is 0 Å². The van der Waals surface area contributed by atoms with Gasteiger partial charge in [0.1, 0.15) is 11.8 Å². The lowest BCUT2D eigenvalue weighted by atomic mass is 9.95. The van der Waals surface area contributed by atoms with Gasteiger partial charge in [0, 0.05) is 6.54 Å². The lowest BCUT2D eigenvalue weighted by Crippen LogP contribution is -2.51. The Morgan fingerprint density at radius 3 is 2.47 bits per heavy atom. The number of carbonyl (C=O) groups is 1. The maximum absolute atomic E-state index is 13.2. The van der Waals surface area contributed by atoms with Crippen LogP contribution >= 0.6 is 0 Å². The van der Waals surface area contributed by atoms with E-state index in [1.165, 1.54) is 6.92 Å². The highest BCUT2D eigenvalue weighted by atomic mass is 32.2. The van der Waals surface area contributed by atoms with Crippen molar-refractivity contribution in [1.29, 1.82) is 0 Å². The third-order valence-electron chi connectivity index (χ3n) is 5.26. The molecule has 0 unspecified atom stereocenters. The van der Waals surface area contributed by atoms with Crippen LogP contribution in [0.25, 0.3) is 0 Å². The van der Waals surface area contributed by atoms with Gasteiger partial charge in [-0.05, 0) is 49.1 Å². The summed E-state index contributed by atoms with van der Waals surface area (Å²) in [6, 6.07) is 8.94. The van der Waals surface area contributed by atoms with Crippen molar-refractivity contribution in [3.8, 4) is 5.75 Å². The molecule has 1 aliphatic rings. The van der Waals surface area contributed by atoms with Crippen molar-refractivity contribution in [3.05, 3.63) is 59.2 Å². The number of nitrogens with zero attached hydrogens (tertiary/aromatic N) is 1. The monoisotopic (exact) mass is 470 g/mol. The summed E-state index contributed by atoms with van der Waals surface area (Å²) < 4.78 is 71.7. The Hall–Kier alpha value is -2.59. The Labute approximate surface area is 185 Å². The molecule has 0 bridgehead atoms. The van der Waals surface area contributed by atoms with Crippen LogP contribution in [0.15, 0.2) is 42.5 Å². The van der Waals surface area contributed by atoms with Crippen LogP contribution in [0, 0.1) is 0 Å². The number of hydrogen-bond acceptors (Lipinski definition) is 4. The average Bonchev–Trinajstić information content (AvgIpc) is 2.76. The average molecular weight is 471 g/mol. The molecule has 10 heteroatoms. The number of nitrogens with one attached hydrogen (secondary N) is 1. The Morgan fingerprint density at radius 2 is 1.84 bits per heavy atom. The lowest BCUT2D eigenvalue weighted by molar-refractivity contribution is -0.137. The summed E-state index contributed by atoms with van der Waals surface area (Å²) in [5.74, 6) is -0.820. The molecular formula is C22H25F3N2O4S. The number of rotatable bonds is 7. The zero-order valence-corrected chi connectivity index (χ0v) is 18.6. The molecule has 1 aliphatic heterocycles. The zero-order valence-electron chi connectivity index (χ0n) is 17.8. The first-order valence-electron chi connectivity index (χ1n) is 10.3. The summed E-state index contributed by atoms with van der Waals surface area (Å²) >= 11 is 0. The Kier molecular flexibility index (Phi) is 7.14. The maximum atomic E-state index is 13.2. The van der Waals surface area contributed by atoms with Gasteiger partial charge < -0.3 is 10.1 Å². The molecule has 6 nitrogen and oxygen atoms in total. The largest absolute Gasteiger partial charge is 0.491 e. The summed E-state index contributed by atoms with van der Waals surface area (Å²) in [5.41, 5.74) is 0.524. The number of carbonyl (C=O) groups excluding carboxylic acids is 1. The number of anilines is 1. The Morgan fingerprint density at radius 1 is 1.16 bits per heavy atom. The van der Waals surface area contributed by atoms with E-state index in [-0.39, 0.29) is 36.8 Å². The summed E-state index contributed by atoms with van der Waals surface area (Å²) in [4.78, 5) is 13.2. The predicted molar refractivity (Wildman–Crippen MR) is 115 cm³/mol. The second-order valence-corrected chi connectivity index (χ2v) is 9.69. The minimum atomic E-state index is -4.61. The Balaban J connectivity index is 1.96. The van der Waals surface area contributed by atoms with E-state index in [1.807, 2.05) is 13.0 Å². The Bertz CT molecular complexity index is 1090. The van der Waals surface area contributed by atoms with Gasteiger partial charge in [0.15, 0.2) is 0 Å². The smallest absolute Gasteiger partial charge is 0.416 e. The summed E-state index contributed by atoms with van der Waals surface area (Å²) in [5, 5.41) is 2.49. The van der Waals surface area contributed by atoms with E-state index < -0.39 is 33.7 Å². The standard InChI is InChI=1S/C22H25F3N2O4S/c1-3-11-31-20-10-9-17(22(23,24)25)13-18(20)26-21(28)19-12-15-7-5-6-8-16(15)14-27(19)32(29,30)4-2/h5-10,13,19H,3-4,11-12,14H2,1-2H3,(H,26,28)/t19-/m1/s1. The van der Waals surface area contributed by atoms with E-state index in [0.29, 0.717) is 6.42 Å². The van der Waals surface area contributed by atoms with Crippen LogP contribution < -0.4 is 10.1 Å². The number of hydrogen-bond donors (Lipinski definition) is 1. The van der Waals surface area contributed by atoms with Crippen molar-refractivity contribution < 1.29 is 31.1 Å². The van der Waals surface area contributed by atoms with Crippen molar-refractivity contribution in [2.75, 3.05) is 17.7 Å². The third-order valence-corrected chi connectivity index (χ3v) is 7.08. The predicted octanol–water partition coefficient (Wildman–Crippen LogP) is 4.21. The molecule has 0 aliphatic carbocycles. The van der Waals surface area contributed by atoms with Crippen LogP contribution in [0.3, 0.4) is 0 Å². The van der Waals surface area contributed by atoms with Crippen molar-refractivity contribution >= 4 is 21.6 Å². The zero-order chi connectivity index (χ0) is 23.5. The summed E-state index contributed by atoms with van der Waals surface area (Å²) in [6.45, 7) is 3.59. The molecule has 1 amide bonds. The SMILES string of the molecule is CCCOc1ccc(C(F)(F)F)cc1NC(=O)[C@H]1Cc2ccccc2CN1S(=O)(=O)CC. The van der Waals surface area contributed by atoms with Crippen LogP contribution in [0.4, 0.5) is 18.9 Å². The van der Waals surface area contributed by atoms with Gasteiger partial charge in [-0.25, -0.2) is 8.42 Å². The minimum absolute atomic E-state index is 0.0201. The van der Waals surface area contributed by atoms with Crippen LogP contribution in [0.5, 0.6) is 5.75 Å². The molecule has 0 saturated heterocycles. The van der Waals surface area contributed by atoms with E-state index in [4.69, 9.17) is 4.74 Å². The van der Waals surface area contributed by atoms with Gasteiger partial charge in [-0.3, -0.25) is 4.79 Å². The van der Waals surface area contributed by atoms with E-state index >= 15 is 0 Å². The molecule has 0 aromatic heterocycles. The van der Waals surface area contributed by atoms with E-state index in [1.54, 1.807) is 18.2 Å². The van der Waals surface area contributed by atoms with Crippen molar-refractivity contribution in [1.82, 2.24) is 4.31 Å². The molecular weight excluding hydrogens is 445 g/mol. The molecule has 1 atom stereocenters. The van der Waals surface area contributed by atoms with Crippen LogP contribution in [0.2, 0.25) is 0 Å². The van der Waals surface area contributed by atoms with Crippen LogP contribution in [-0.2, 0) is 34.0 Å².